The van der Waals surface area contributed by atoms with Gasteiger partial charge in [-0.2, -0.15) is 0 Å². The minimum atomic E-state index is -0.111. The van der Waals surface area contributed by atoms with Crippen LogP contribution in [0.2, 0.25) is 0 Å². The smallest absolute Gasteiger partial charge is 0.270 e. The zero-order valence-corrected chi connectivity index (χ0v) is 21.4. The maximum Gasteiger partial charge on any atom is 0.270 e. The Bertz CT molecular complexity index is 1290. The number of carbonyl (C=O) groups is 2. The zero-order chi connectivity index (χ0) is 24.6. The van der Waals surface area contributed by atoms with Crippen LogP contribution in [0.1, 0.15) is 69.5 Å². The van der Waals surface area contributed by atoms with Gasteiger partial charge in [0.2, 0.25) is 5.91 Å². The molecule has 1 unspecified atom stereocenters. The number of hydrogen-bond acceptors (Lipinski definition) is 5. The lowest BCUT2D eigenvalue weighted by molar-refractivity contribution is -0.134. The maximum absolute atomic E-state index is 13.2. The predicted octanol–water partition coefficient (Wildman–Crippen LogP) is 5.05. The van der Waals surface area contributed by atoms with E-state index >= 15 is 0 Å². The fourth-order valence-electron chi connectivity index (χ4n) is 4.96. The summed E-state index contributed by atoms with van der Waals surface area (Å²) >= 11 is 1.44. The van der Waals surface area contributed by atoms with Gasteiger partial charge in [0.25, 0.3) is 5.91 Å². The summed E-state index contributed by atoms with van der Waals surface area (Å²) < 4.78 is 6.14. The molecule has 6 nitrogen and oxygen atoms in total. The van der Waals surface area contributed by atoms with E-state index in [4.69, 9.17) is 4.74 Å². The van der Waals surface area contributed by atoms with E-state index in [2.05, 4.69) is 58.5 Å². The maximum atomic E-state index is 13.2. The Morgan fingerprint density at radius 3 is 2.78 bits per heavy atom. The summed E-state index contributed by atoms with van der Waals surface area (Å²) in [7, 11) is 0. The molecule has 3 aliphatic rings. The summed E-state index contributed by atoms with van der Waals surface area (Å²) in [6, 6.07) is 14.6. The van der Waals surface area contributed by atoms with Crippen molar-refractivity contribution in [2.24, 2.45) is 11.8 Å². The highest BCUT2D eigenvalue weighted by Gasteiger charge is 2.39. The van der Waals surface area contributed by atoms with Crippen LogP contribution in [0.25, 0.3) is 0 Å². The van der Waals surface area contributed by atoms with Gasteiger partial charge in [0.1, 0.15) is 23.1 Å². The normalized spacial score (nSPS) is 19.0. The van der Waals surface area contributed by atoms with Crippen molar-refractivity contribution < 1.29 is 14.3 Å². The molecule has 1 aromatic heterocycles. The first-order valence-corrected chi connectivity index (χ1v) is 13.8. The number of fused-ring (bicyclic) bond motifs is 1. The van der Waals surface area contributed by atoms with Crippen LogP contribution in [0, 0.1) is 18.8 Å². The molecule has 0 bridgehead atoms. The summed E-state index contributed by atoms with van der Waals surface area (Å²) in [5.41, 5.74) is 5.18. The van der Waals surface area contributed by atoms with Crippen molar-refractivity contribution in [3.05, 3.63) is 80.8 Å². The molecule has 3 aromatic rings. The summed E-state index contributed by atoms with van der Waals surface area (Å²) in [4.78, 5) is 32.1. The molecule has 186 valence electrons. The first kappa shape index (κ1) is 23.2. The first-order chi connectivity index (χ1) is 17.5. The average molecular weight is 502 g/mol. The van der Waals surface area contributed by atoms with Gasteiger partial charge in [0, 0.05) is 24.4 Å². The largest absolute Gasteiger partial charge is 0.486 e. The summed E-state index contributed by atoms with van der Waals surface area (Å²) in [6.07, 6.45) is 5.26. The van der Waals surface area contributed by atoms with Crippen LogP contribution in [-0.4, -0.2) is 34.8 Å². The molecule has 2 saturated carbocycles. The molecule has 7 heteroatoms. The van der Waals surface area contributed by atoms with Gasteiger partial charge in [-0.25, -0.2) is 4.98 Å². The third kappa shape index (κ3) is 5.03. The summed E-state index contributed by atoms with van der Waals surface area (Å²) in [5.74, 6) is 1.73. The van der Waals surface area contributed by atoms with Crippen molar-refractivity contribution in [1.82, 2.24) is 15.2 Å². The monoisotopic (exact) mass is 501 g/mol. The van der Waals surface area contributed by atoms with Crippen molar-refractivity contribution in [2.75, 3.05) is 13.1 Å². The highest BCUT2D eigenvalue weighted by molar-refractivity contribution is 7.09. The number of ether oxygens (including phenoxy) is 1. The SMILES string of the molecule is Cc1cccc(C2c3cc(OCc4nc(C(=O)NCC5CC5)cs4)ccc3CCN2C(=O)C2CC2)c1. The Balaban J connectivity index is 1.21. The van der Waals surface area contributed by atoms with E-state index < -0.39 is 0 Å². The molecular weight excluding hydrogens is 470 g/mol. The molecule has 1 N–H and O–H groups in total. The van der Waals surface area contributed by atoms with E-state index in [9.17, 15) is 9.59 Å². The average Bonchev–Trinajstić information content (AvgIpc) is 3.83. The van der Waals surface area contributed by atoms with E-state index in [-0.39, 0.29) is 23.8 Å². The fraction of sp³-hybridized carbons (Fsp3) is 0.414. The van der Waals surface area contributed by atoms with Gasteiger partial charge in [-0.05, 0) is 73.8 Å². The first-order valence-electron chi connectivity index (χ1n) is 12.9. The molecule has 1 aliphatic heterocycles. The highest BCUT2D eigenvalue weighted by Crippen LogP contribution is 2.41. The lowest BCUT2D eigenvalue weighted by Gasteiger charge is -2.38. The van der Waals surface area contributed by atoms with Gasteiger partial charge in [-0.1, -0.05) is 35.9 Å². The van der Waals surface area contributed by atoms with Gasteiger partial charge < -0.3 is 15.0 Å². The van der Waals surface area contributed by atoms with Crippen LogP contribution >= 0.6 is 11.3 Å². The minimum absolute atomic E-state index is 0.105. The minimum Gasteiger partial charge on any atom is -0.486 e. The number of aromatic nitrogens is 1. The van der Waals surface area contributed by atoms with E-state index in [1.54, 1.807) is 5.38 Å². The van der Waals surface area contributed by atoms with E-state index in [0.29, 0.717) is 18.2 Å². The lowest BCUT2D eigenvalue weighted by Crippen LogP contribution is -2.41. The van der Waals surface area contributed by atoms with E-state index in [1.165, 1.54) is 35.3 Å². The second-order valence-corrected chi connectivity index (χ2v) is 11.2. The Hall–Kier alpha value is -3.19. The Labute approximate surface area is 215 Å². The molecule has 0 radical (unpaired) electrons. The standard InChI is InChI=1S/C29H31N3O3S/c1-18-3-2-4-22(13-18)27-24-14-23(10-9-20(24)11-12-32(27)29(34)21-7-8-21)35-16-26-31-25(17-36-26)28(33)30-15-19-5-6-19/h2-4,9-10,13-14,17,19,21,27H,5-8,11-12,15-16H2,1H3,(H,30,33). The third-order valence-corrected chi connectivity index (χ3v) is 8.13. The molecule has 2 aliphatic carbocycles. The number of hydrogen-bond donors (Lipinski definition) is 1. The number of carbonyl (C=O) groups excluding carboxylic acids is 2. The molecule has 0 spiro atoms. The molecule has 2 amide bonds. The van der Waals surface area contributed by atoms with Crippen molar-refractivity contribution in [2.45, 2.75) is 51.7 Å². The highest BCUT2D eigenvalue weighted by atomic mass is 32.1. The van der Waals surface area contributed by atoms with Crippen molar-refractivity contribution >= 4 is 23.2 Å². The van der Waals surface area contributed by atoms with Gasteiger partial charge >= 0.3 is 0 Å². The molecule has 2 aromatic carbocycles. The van der Waals surface area contributed by atoms with E-state index in [0.717, 1.165) is 54.2 Å². The van der Waals surface area contributed by atoms with Crippen molar-refractivity contribution in [3.63, 3.8) is 0 Å². The molecule has 36 heavy (non-hydrogen) atoms. The Morgan fingerprint density at radius 2 is 2.00 bits per heavy atom. The Morgan fingerprint density at radius 1 is 1.14 bits per heavy atom. The van der Waals surface area contributed by atoms with Gasteiger partial charge in [-0.15, -0.1) is 11.3 Å². The number of benzene rings is 2. The van der Waals surface area contributed by atoms with Crippen LogP contribution in [0.5, 0.6) is 5.75 Å². The molecule has 0 saturated heterocycles. The van der Waals surface area contributed by atoms with Crippen LogP contribution < -0.4 is 10.1 Å². The molecule has 6 rings (SSSR count). The second kappa shape index (κ2) is 9.69. The van der Waals surface area contributed by atoms with Crippen LogP contribution in [0.4, 0.5) is 0 Å². The summed E-state index contributed by atoms with van der Waals surface area (Å²) in [5, 5.41) is 5.53. The van der Waals surface area contributed by atoms with Crippen LogP contribution in [0.15, 0.2) is 47.8 Å². The van der Waals surface area contributed by atoms with Gasteiger partial charge in [0.05, 0.1) is 6.04 Å². The summed E-state index contributed by atoms with van der Waals surface area (Å²) in [6.45, 7) is 3.87. The van der Waals surface area contributed by atoms with Crippen LogP contribution in [0.3, 0.4) is 0 Å². The van der Waals surface area contributed by atoms with Gasteiger partial charge in [-0.3, -0.25) is 9.59 Å². The Kier molecular flexibility index (Phi) is 6.25. The number of thiazole rings is 1. The molecule has 1 atom stereocenters. The zero-order valence-electron chi connectivity index (χ0n) is 20.5. The fourth-order valence-corrected chi connectivity index (χ4v) is 5.65. The number of rotatable bonds is 8. The lowest BCUT2D eigenvalue weighted by atomic mass is 9.87. The molecule has 2 fully saturated rings. The second-order valence-electron chi connectivity index (χ2n) is 10.3. The predicted molar refractivity (Wildman–Crippen MR) is 139 cm³/mol. The number of aryl methyl sites for hydroxylation is 1. The number of nitrogens with one attached hydrogen (secondary N) is 1. The van der Waals surface area contributed by atoms with Crippen molar-refractivity contribution in [1.29, 1.82) is 0 Å². The number of nitrogens with zero attached hydrogens (tertiary/aromatic N) is 2. The molecule has 2 heterocycles. The van der Waals surface area contributed by atoms with Gasteiger partial charge in [0.15, 0.2) is 0 Å². The van der Waals surface area contributed by atoms with E-state index in [1.807, 2.05) is 6.07 Å². The quantitative estimate of drug-likeness (QED) is 0.469. The van der Waals surface area contributed by atoms with Crippen molar-refractivity contribution in [3.8, 4) is 5.75 Å². The molecular formula is C29H31N3O3S. The topological polar surface area (TPSA) is 71.5 Å². The van der Waals surface area contributed by atoms with Crippen LogP contribution in [-0.2, 0) is 17.8 Å². The third-order valence-electron chi connectivity index (χ3n) is 7.31. The number of amides is 2.